The molecular weight excluding hydrogens is 300 g/mol. The van der Waals surface area contributed by atoms with E-state index in [4.69, 9.17) is 4.74 Å². The molecule has 1 heterocycles. The van der Waals surface area contributed by atoms with Crippen LogP contribution in [0.1, 0.15) is 13.3 Å². The molecule has 1 aliphatic heterocycles. The van der Waals surface area contributed by atoms with Crippen LogP contribution in [0.3, 0.4) is 0 Å². The Morgan fingerprint density at radius 1 is 1.61 bits per heavy atom. The SMILES string of the molecule is CC1OCCC1CNc1ccc(Br)cc1[N+](=O)[O-]. The highest BCUT2D eigenvalue weighted by Gasteiger charge is 2.24. The van der Waals surface area contributed by atoms with Gasteiger partial charge in [0.2, 0.25) is 0 Å². The fraction of sp³-hybridized carbons (Fsp3) is 0.500. The lowest BCUT2D eigenvalue weighted by atomic mass is 10.0. The van der Waals surface area contributed by atoms with E-state index in [1.165, 1.54) is 6.07 Å². The molecule has 1 N–H and O–H groups in total. The van der Waals surface area contributed by atoms with Gasteiger partial charge in [-0.05, 0) is 25.5 Å². The fourth-order valence-electron chi connectivity index (χ4n) is 2.09. The lowest BCUT2D eigenvalue weighted by Gasteiger charge is -2.15. The van der Waals surface area contributed by atoms with Crippen molar-refractivity contribution >= 4 is 27.3 Å². The number of rotatable bonds is 4. The predicted octanol–water partition coefficient (Wildman–Crippen LogP) is 3.19. The number of nitro benzene ring substituents is 1. The van der Waals surface area contributed by atoms with Crippen molar-refractivity contribution < 1.29 is 9.66 Å². The highest BCUT2D eigenvalue weighted by molar-refractivity contribution is 9.10. The first-order valence-corrected chi connectivity index (χ1v) is 6.66. The minimum absolute atomic E-state index is 0.0935. The number of halogens is 1. The first kappa shape index (κ1) is 13.3. The molecule has 0 amide bonds. The van der Waals surface area contributed by atoms with Crippen LogP contribution >= 0.6 is 15.9 Å². The number of nitrogens with one attached hydrogen (secondary N) is 1. The maximum absolute atomic E-state index is 11.0. The van der Waals surface area contributed by atoms with Gasteiger partial charge in [-0.3, -0.25) is 10.1 Å². The summed E-state index contributed by atoms with van der Waals surface area (Å²) in [6.45, 7) is 3.51. The number of benzene rings is 1. The molecule has 2 rings (SSSR count). The minimum atomic E-state index is -0.373. The maximum atomic E-state index is 11.0. The summed E-state index contributed by atoms with van der Waals surface area (Å²) in [6, 6.07) is 5.03. The van der Waals surface area contributed by atoms with Crippen LogP contribution in [0.5, 0.6) is 0 Å². The molecular formula is C12H15BrN2O3. The average molecular weight is 315 g/mol. The highest BCUT2D eigenvalue weighted by Crippen LogP contribution is 2.29. The Bertz CT molecular complexity index is 453. The Labute approximate surface area is 114 Å². The quantitative estimate of drug-likeness (QED) is 0.684. The molecule has 0 saturated carbocycles. The Kier molecular flexibility index (Phi) is 4.19. The molecule has 6 heteroatoms. The topological polar surface area (TPSA) is 64.4 Å². The third kappa shape index (κ3) is 3.00. The highest BCUT2D eigenvalue weighted by atomic mass is 79.9. The Balaban J connectivity index is 2.06. The van der Waals surface area contributed by atoms with Crippen LogP contribution in [-0.4, -0.2) is 24.2 Å². The van der Waals surface area contributed by atoms with Crippen molar-refractivity contribution in [2.45, 2.75) is 19.4 Å². The molecule has 1 fully saturated rings. The molecule has 18 heavy (non-hydrogen) atoms. The number of nitro groups is 1. The molecule has 0 spiro atoms. The zero-order valence-corrected chi connectivity index (χ0v) is 11.6. The summed E-state index contributed by atoms with van der Waals surface area (Å²) >= 11 is 3.24. The van der Waals surface area contributed by atoms with Gasteiger partial charge in [0, 0.05) is 29.6 Å². The van der Waals surface area contributed by atoms with Crippen molar-refractivity contribution in [1.82, 2.24) is 0 Å². The number of hydrogen-bond acceptors (Lipinski definition) is 4. The molecule has 0 bridgehead atoms. The van der Waals surface area contributed by atoms with Crippen LogP contribution in [0.4, 0.5) is 11.4 Å². The average Bonchev–Trinajstić information content (AvgIpc) is 2.73. The molecule has 1 saturated heterocycles. The molecule has 0 aromatic heterocycles. The zero-order chi connectivity index (χ0) is 13.1. The summed E-state index contributed by atoms with van der Waals surface area (Å²) in [5.41, 5.74) is 0.651. The van der Waals surface area contributed by atoms with Crippen molar-refractivity contribution in [3.8, 4) is 0 Å². The van der Waals surface area contributed by atoms with E-state index in [9.17, 15) is 10.1 Å². The molecule has 98 valence electrons. The Morgan fingerprint density at radius 2 is 2.39 bits per heavy atom. The van der Waals surface area contributed by atoms with E-state index in [1.54, 1.807) is 12.1 Å². The first-order chi connectivity index (χ1) is 8.58. The third-order valence-electron chi connectivity index (χ3n) is 3.24. The predicted molar refractivity (Wildman–Crippen MR) is 72.8 cm³/mol. The van der Waals surface area contributed by atoms with Gasteiger partial charge >= 0.3 is 0 Å². The summed E-state index contributed by atoms with van der Waals surface area (Å²) in [5, 5.41) is 14.1. The van der Waals surface area contributed by atoms with E-state index in [0.717, 1.165) is 13.0 Å². The summed E-state index contributed by atoms with van der Waals surface area (Å²) in [4.78, 5) is 10.6. The molecule has 2 atom stereocenters. The van der Waals surface area contributed by atoms with Gasteiger partial charge in [-0.2, -0.15) is 0 Å². The van der Waals surface area contributed by atoms with E-state index in [0.29, 0.717) is 22.6 Å². The fourth-order valence-corrected chi connectivity index (χ4v) is 2.44. The molecule has 0 aliphatic carbocycles. The van der Waals surface area contributed by atoms with Gasteiger partial charge in [0.25, 0.3) is 5.69 Å². The smallest absolute Gasteiger partial charge is 0.293 e. The Morgan fingerprint density at radius 3 is 3.00 bits per heavy atom. The molecule has 1 aromatic carbocycles. The Hall–Kier alpha value is -1.14. The van der Waals surface area contributed by atoms with Gasteiger partial charge < -0.3 is 10.1 Å². The number of hydrogen-bond donors (Lipinski definition) is 1. The van der Waals surface area contributed by atoms with Gasteiger partial charge in [0.05, 0.1) is 11.0 Å². The van der Waals surface area contributed by atoms with Gasteiger partial charge in [-0.15, -0.1) is 0 Å². The van der Waals surface area contributed by atoms with Crippen molar-refractivity contribution in [3.05, 3.63) is 32.8 Å². The molecule has 1 aliphatic rings. The van der Waals surface area contributed by atoms with Crippen LogP contribution in [0.15, 0.2) is 22.7 Å². The number of anilines is 1. The standard InChI is InChI=1S/C12H15BrN2O3/c1-8-9(4-5-18-8)7-14-11-3-2-10(13)6-12(11)15(16)17/h2-3,6,8-9,14H,4-5,7H2,1H3. The molecule has 1 aromatic rings. The number of ether oxygens (including phenoxy) is 1. The molecule has 5 nitrogen and oxygen atoms in total. The second-order valence-corrected chi connectivity index (χ2v) is 5.34. The number of nitrogens with zero attached hydrogens (tertiary/aromatic N) is 1. The van der Waals surface area contributed by atoms with Crippen molar-refractivity contribution in [1.29, 1.82) is 0 Å². The second kappa shape index (κ2) is 5.67. The van der Waals surface area contributed by atoms with E-state index in [2.05, 4.69) is 21.2 Å². The van der Waals surface area contributed by atoms with Crippen LogP contribution in [-0.2, 0) is 4.74 Å². The second-order valence-electron chi connectivity index (χ2n) is 4.42. The zero-order valence-electron chi connectivity index (χ0n) is 10.1. The summed E-state index contributed by atoms with van der Waals surface area (Å²) in [5.74, 6) is 0.410. The summed E-state index contributed by atoms with van der Waals surface area (Å²) < 4.78 is 6.18. The van der Waals surface area contributed by atoms with Crippen LogP contribution < -0.4 is 5.32 Å². The van der Waals surface area contributed by atoms with Crippen LogP contribution in [0, 0.1) is 16.0 Å². The summed E-state index contributed by atoms with van der Waals surface area (Å²) in [7, 11) is 0. The monoisotopic (exact) mass is 314 g/mol. The van der Waals surface area contributed by atoms with E-state index in [1.807, 2.05) is 6.92 Å². The van der Waals surface area contributed by atoms with E-state index in [-0.39, 0.29) is 16.7 Å². The van der Waals surface area contributed by atoms with Crippen molar-refractivity contribution in [2.24, 2.45) is 5.92 Å². The third-order valence-corrected chi connectivity index (χ3v) is 3.74. The molecule has 0 radical (unpaired) electrons. The minimum Gasteiger partial charge on any atom is -0.379 e. The van der Waals surface area contributed by atoms with Gasteiger partial charge in [0.1, 0.15) is 5.69 Å². The van der Waals surface area contributed by atoms with Crippen molar-refractivity contribution in [3.63, 3.8) is 0 Å². The van der Waals surface area contributed by atoms with E-state index >= 15 is 0 Å². The first-order valence-electron chi connectivity index (χ1n) is 5.87. The van der Waals surface area contributed by atoms with Gasteiger partial charge in [0.15, 0.2) is 0 Å². The maximum Gasteiger partial charge on any atom is 0.293 e. The largest absolute Gasteiger partial charge is 0.379 e. The molecule has 2 unspecified atom stereocenters. The lowest BCUT2D eigenvalue weighted by Crippen LogP contribution is -2.21. The van der Waals surface area contributed by atoms with Crippen LogP contribution in [0.25, 0.3) is 0 Å². The normalized spacial score (nSPS) is 23.0. The van der Waals surface area contributed by atoms with Gasteiger partial charge in [-0.1, -0.05) is 15.9 Å². The summed E-state index contributed by atoms with van der Waals surface area (Å²) in [6.07, 6.45) is 1.21. The van der Waals surface area contributed by atoms with Gasteiger partial charge in [-0.25, -0.2) is 0 Å². The lowest BCUT2D eigenvalue weighted by molar-refractivity contribution is -0.384. The van der Waals surface area contributed by atoms with Crippen LogP contribution in [0.2, 0.25) is 0 Å². The van der Waals surface area contributed by atoms with Crippen molar-refractivity contribution in [2.75, 3.05) is 18.5 Å². The van der Waals surface area contributed by atoms with E-state index < -0.39 is 0 Å².